The number of hydrogen-bond donors (Lipinski definition) is 0. The monoisotopic (exact) mass is 566 g/mol. The molecule has 0 aliphatic heterocycles. The van der Waals surface area contributed by atoms with Crippen molar-refractivity contribution in [1.82, 2.24) is 9.97 Å². The standard InChI is InChI=1S/C30H18N2S5/c1-2-14-31-20(5-1)21-17-19(18-22(32-21)24-9-11-27(36-24)25-6-3-15-33-25)23-8-10-29(35-23)30-13-12-28(37-30)26-7-4-16-34-26/h1-18H. The fraction of sp³-hybridized carbons (Fsp3) is 0. The molecule has 0 atom stereocenters. The zero-order chi connectivity index (χ0) is 24.6. The molecular weight excluding hydrogens is 549 g/mol. The fourth-order valence-electron chi connectivity index (χ4n) is 4.12. The van der Waals surface area contributed by atoms with Crippen molar-refractivity contribution in [1.29, 1.82) is 0 Å². The van der Waals surface area contributed by atoms with Crippen molar-refractivity contribution in [2.75, 3.05) is 0 Å². The maximum atomic E-state index is 5.05. The summed E-state index contributed by atoms with van der Waals surface area (Å²) in [5, 5.41) is 4.26. The number of pyridine rings is 2. The van der Waals surface area contributed by atoms with Crippen molar-refractivity contribution >= 4 is 56.7 Å². The topological polar surface area (TPSA) is 25.8 Å². The number of hydrogen-bond acceptors (Lipinski definition) is 7. The number of rotatable bonds is 6. The van der Waals surface area contributed by atoms with Gasteiger partial charge in [-0.1, -0.05) is 18.2 Å². The third kappa shape index (κ3) is 4.65. The summed E-state index contributed by atoms with van der Waals surface area (Å²) in [6.45, 7) is 0. The minimum atomic E-state index is 0.885. The summed E-state index contributed by atoms with van der Waals surface area (Å²) < 4.78 is 0. The quantitative estimate of drug-likeness (QED) is 0.200. The van der Waals surface area contributed by atoms with Gasteiger partial charge in [0.15, 0.2) is 0 Å². The van der Waals surface area contributed by atoms with E-state index in [-0.39, 0.29) is 0 Å². The van der Waals surface area contributed by atoms with Gasteiger partial charge in [-0.05, 0) is 89.1 Å². The van der Waals surface area contributed by atoms with Crippen LogP contribution in [0.2, 0.25) is 0 Å². The van der Waals surface area contributed by atoms with Gasteiger partial charge in [0.05, 0.1) is 22.0 Å². The second-order valence-corrected chi connectivity index (χ2v) is 13.4. The van der Waals surface area contributed by atoms with E-state index in [0.29, 0.717) is 0 Å². The summed E-state index contributed by atoms with van der Waals surface area (Å²) in [6.07, 6.45) is 1.83. The minimum Gasteiger partial charge on any atom is -0.255 e. The molecule has 7 heterocycles. The molecule has 7 heteroatoms. The number of nitrogens with zero attached hydrogens (tertiary/aromatic N) is 2. The lowest BCUT2D eigenvalue weighted by Gasteiger charge is -2.07. The molecule has 0 bridgehead atoms. The molecule has 2 nitrogen and oxygen atoms in total. The molecular formula is C30H18N2S5. The van der Waals surface area contributed by atoms with E-state index in [1.54, 1.807) is 34.0 Å². The first-order valence-electron chi connectivity index (χ1n) is 11.6. The molecule has 7 rings (SSSR count). The molecule has 0 saturated heterocycles. The van der Waals surface area contributed by atoms with Gasteiger partial charge in [-0.15, -0.1) is 56.7 Å². The highest BCUT2D eigenvalue weighted by Crippen LogP contribution is 2.43. The molecule has 178 valence electrons. The van der Waals surface area contributed by atoms with E-state index in [1.807, 2.05) is 47.1 Å². The van der Waals surface area contributed by atoms with Gasteiger partial charge in [0.1, 0.15) is 0 Å². The Kier molecular flexibility index (Phi) is 6.16. The van der Waals surface area contributed by atoms with Gasteiger partial charge in [0, 0.05) is 40.3 Å². The molecule has 0 N–H and O–H groups in total. The van der Waals surface area contributed by atoms with Crippen LogP contribution in [0, 0.1) is 0 Å². The lowest BCUT2D eigenvalue weighted by molar-refractivity contribution is 1.25. The zero-order valence-corrected chi connectivity index (χ0v) is 23.4. The predicted octanol–water partition coefficient (Wildman–Crippen LogP) is 10.8. The average Bonchev–Trinajstić information content (AvgIpc) is 3.77. The molecule has 0 amide bonds. The van der Waals surface area contributed by atoms with E-state index in [9.17, 15) is 0 Å². The van der Waals surface area contributed by atoms with Crippen LogP contribution in [0.3, 0.4) is 0 Å². The summed E-state index contributed by atoms with van der Waals surface area (Å²) >= 11 is 9.03. The number of thiophene rings is 5. The molecule has 0 spiro atoms. The van der Waals surface area contributed by atoms with Crippen molar-refractivity contribution in [2.24, 2.45) is 0 Å². The first-order chi connectivity index (χ1) is 18.3. The molecule has 0 radical (unpaired) electrons. The summed E-state index contributed by atoms with van der Waals surface area (Å²) in [5.41, 5.74) is 3.93. The minimum absolute atomic E-state index is 0.885. The normalized spacial score (nSPS) is 11.2. The summed E-state index contributed by atoms with van der Waals surface area (Å²) in [6, 6.07) is 32.3. The molecule has 0 fully saturated rings. The molecule has 0 aliphatic rings. The maximum absolute atomic E-state index is 5.05. The van der Waals surface area contributed by atoms with Crippen LogP contribution in [-0.2, 0) is 0 Å². The number of aromatic nitrogens is 2. The van der Waals surface area contributed by atoms with Crippen LogP contribution in [0.15, 0.2) is 108 Å². The molecule has 7 aromatic rings. The van der Waals surface area contributed by atoms with Crippen LogP contribution in [0.1, 0.15) is 0 Å². The van der Waals surface area contributed by atoms with Crippen LogP contribution in [-0.4, -0.2) is 9.97 Å². The molecule has 0 aliphatic carbocycles. The van der Waals surface area contributed by atoms with Gasteiger partial charge in [0.2, 0.25) is 0 Å². The highest BCUT2D eigenvalue weighted by molar-refractivity contribution is 7.27. The van der Waals surface area contributed by atoms with Crippen molar-refractivity contribution < 1.29 is 0 Å². The molecule has 0 saturated carbocycles. The van der Waals surface area contributed by atoms with Crippen LogP contribution >= 0.6 is 56.7 Å². The molecule has 0 aromatic carbocycles. The Labute approximate surface area is 234 Å². The Morgan fingerprint density at radius 3 is 1.62 bits per heavy atom. The highest BCUT2D eigenvalue weighted by atomic mass is 32.1. The second-order valence-electron chi connectivity index (χ2n) is 8.29. The Morgan fingerprint density at radius 1 is 0.432 bits per heavy atom. The van der Waals surface area contributed by atoms with Crippen LogP contribution < -0.4 is 0 Å². The van der Waals surface area contributed by atoms with Gasteiger partial charge >= 0.3 is 0 Å². The van der Waals surface area contributed by atoms with Crippen molar-refractivity contribution in [2.45, 2.75) is 0 Å². The average molecular weight is 567 g/mol. The fourth-order valence-corrected chi connectivity index (χ4v) is 8.84. The lowest BCUT2D eigenvalue weighted by atomic mass is 10.1. The first kappa shape index (κ1) is 23.0. The largest absolute Gasteiger partial charge is 0.255 e. The highest BCUT2D eigenvalue weighted by Gasteiger charge is 2.15. The predicted molar refractivity (Wildman–Crippen MR) is 164 cm³/mol. The Morgan fingerprint density at radius 2 is 1.00 bits per heavy atom. The van der Waals surface area contributed by atoms with Crippen molar-refractivity contribution in [3.63, 3.8) is 0 Å². The molecule has 7 aromatic heterocycles. The smallest absolute Gasteiger partial charge is 0.0900 e. The third-order valence-corrected chi connectivity index (χ3v) is 11.5. The van der Waals surface area contributed by atoms with Gasteiger partial charge in [-0.25, -0.2) is 4.98 Å². The zero-order valence-electron chi connectivity index (χ0n) is 19.3. The first-order valence-corrected chi connectivity index (χ1v) is 15.8. The summed E-state index contributed by atoms with van der Waals surface area (Å²) in [5.74, 6) is 0. The van der Waals surface area contributed by atoms with Gasteiger partial charge in [0.25, 0.3) is 0 Å². The van der Waals surface area contributed by atoms with Gasteiger partial charge in [-0.2, -0.15) is 0 Å². The van der Waals surface area contributed by atoms with Crippen LogP contribution in [0.25, 0.3) is 61.7 Å². The van der Waals surface area contributed by atoms with Crippen LogP contribution in [0.5, 0.6) is 0 Å². The Hall–Kier alpha value is -3.20. The SMILES string of the molecule is c1ccc(-c2cc(-c3ccc(-c4ccc(-c5cccs5)s4)s3)cc(-c3ccc(-c4cccs4)s3)n2)nc1. The third-order valence-electron chi connectivity index (χ3n) is 5.88. The lowest BCUT2D eigenvalue weighted by Crippen LogP contribution is -1.90. The summed E-state index contributed by atoms with van der Waals surface area (Å²) in [4.78, 5) is 19.8. The molecule has 37 heavy (non-hydrogen) atoms. The van der Waals surface area contributed by atoms with E-state index in [2.05, 4.69) is 88.5 Å². The van der Waals surface area contributed by atoms with E-state index in [1.165, 1.54) is 39.7 Å². The summed E-state index contributed by atoms with van der Waals surface area (Å²) in [7, 11) is 0. The van der Waals surface area contributed by atoms with Crippen LogP contribution in [0.4, 0.5) is 0 Å². The maximum Gasteiger partial charge on any atom is 0.0900 e. The Balaban J connectivity index is 1.29. The van der Waals surface area contributed by atoms with Gasteiger partial charge < -0.3 is 0 Å². The van der Waals surface area contributed by atoms with E-state index in [0.717, 1.165) is 22.0 Å². The molecule has 0 unspecified atom stereocenters. The van der Waals surface area contributed by atoms with E-state index >= 15 is 0 Å². The Bertz CT molecular complexity index is 1770. The van der Waals surface area contributed by atoms with Crippen molar-refractivity contribution in [3.05, 3.63) is 108 Å². The van der Waals surface area contributed by atoms with Gasteiger partial charge in [-0.3, -0.25) is 4.98 Å². The van der Waals surface area contributed by atoms with E-state index < -0.39 is 0 Å². The van der Waals surface area contributed by atoms with E-state index in [4.69, 9.17) is 4.98 Å². The second kappa shape index (κ2) is 9.93. The van der Waals surface area contributed by atoms with Crippen molar-refractivity contribution in [3.8, 4) is 61.7 Å².